The Hall–Kier alpha value is -1.52. The Balaban J connectivity index is 2.30. The van der Waals surface area contributed by atoms with Crippen molar-refractivity contribution in [3.05, 3.63) is 51.5 Å². The average molecular weight is 340 g/mol. The fraction of sp³-hybridized carbons (Fsp3) is 0.0714. The van der Waals surface area contributed by atoms with Crippen molar-refractivity contribution in [1.29, 1.82) is 0 Å². The van der Waals surface area contributed by atoms with E-state index >= 15 is 0 Å². The van der Waals surface area contributed by atoms with Crippen molar-refractivity contribution >= 4 is 50.4 Å². The van der Waals surface area contributed by atoms with Crippen molar-refractivity contribution in [1.82, 2.24) is 0 Å². The topological polar surface area (TPSA) is 55.1 Å². The van der Waals surface area contributed by atoms with Gasteiger partial charge in [-0.2, -0.15) is 0 Å². The largest absolute Gasteiger partial charge is 0.398 e. The van der Waals surface area contributed by atoms with E-state index in [0.29, 0.717) is 16.3 Å². The summed E-state index contributed by atoms with van der Waals surface area (Å²) in [5, 5.41) is 3.84. The van der Waals surface area contributed by atoms with Crippen molar-refractivity contribution in [2.24, 2.45) is 0 Å². The van der Waals surface area contributed by atoms with Crippen molar-refractivity contribution in [3.8, 4) is 0 Å². The summed E-state index contributed by atoms with van der Waals surface area (Å²) in [6, 6.07) is 10.8. The summed E-state index contributed by atoms with van der Waals surface area (Å²) in [4.78, 5) is 11.4. The number of carbonyl (C=O) groups excluding carboxylic acids is 1. The number of benzene rings is 2. The second kappa shape index (κ2) is 5.63. The van der Waals surface area contributed by atoms with E-state index < -0.39 is 0 Å². The van der Waals surface area contributed by atoms with Crippen LogP contribution in [0, 0.1) is 0 Å². The third kappa shape index (κ3) is 3.28. The number of carbonyl (C=O) groups is 1. The molecule has 2 rings (SSSR count). The fourth-order valence-corrected chi connectivity index (χ4v) is 2.18. The molecule has 0 radical (unpaired) electrons. The van der Waals surface area contributed by atoms with E-state index in [9.17, 15) is 4.79 Å². The highest BCUT2D eigenvalue weighted by Crippen LogP contribution is 2.28. The highest BCUT2D eigenvalue weighted by molar-refractivity contribution is 9.10. The maximum absolute atomic E-state index is 11.4. The van der Waals surface area contributed by atoms with Gasteiger partial charge < -0.3 is 11.1 Å². The highest BCUT2D eigenvalue weighted by Gasteiger charge is 2.06. The van der Waals surface area contributed by atoms with Crippen molar-refractivity contribution in [3.63, 3.8) is 0 Å². The lowest BCUT2D eigenvalue weighted by Gasteiger charge is -2.10. The molecule has 3 nitrogen and oxygen atoms in total. The minimum atomic E-state index is -0.0570. The summed E-state index contributed by atoms with van der Waals surface area (Å²) in [5.74, 6) is -0.0570. The van der Waals surface area contributed by atoms with Crippen molar-refractivity contribution < 1.29 is 4.79 Å². The molecule has 0 heterocycles. The molecule has 3 N–H and O–H groups in total. The molecule has 0 unspecified atom stereocenters. The van der Waals surface area contributed by atoms with Gasteiger partial charge in [0, 0.05) is 27.1 Å². The normalized spacial score (nSPS) is 10.3. The molecule has 5 heteroatoms. The summed E-state index contributed by atoms with van der Waals surface area (Å²) < 4.78 is 0.807. The van der Waals surface area contributed by atoms with E-state index in [2.05, 4.69) is 21.2 Å². The summed E-state index contributed by atoms with van der Waals surface area (Å²) in [6.45, 7) is 1.49. The number of ketones is 1. The Bertz CT molecular complexity index is 643. The number of hydrogen-bond donors (Lipinski definition) is 2. The van der Waals surface area contributed by atoms with Gasteiger partial charge in [0.05, 0.1) is 5.02 Å². The highest BCUT2D eigenvalue weighted by atomic mass is 79.9. The SMILES string of the molecule is CC(=O)c1cc(Nc2ccc(Cl)c(Br)c2)ccc1N. The molecule has 0 amide bonds. The van der Waals surface area contributed by atoms with Crippen LogP contribution in [0.15, 0.2) is 40.9 Å². The van der Waals surface area contributed by atoms with Gasteiger partial charge in [-0.05, 0) is 59.3 Å². The third-order valence-electron chi connectivity index (χ3n) is 2.64. The molecule has 2 aromatic carbocycles. The number of nitrogens with one attached hydrogen (secondary N) is 1. The molecule has 0 atom stereocenters. The number of anilines is 3. The van der Waals surface area contributed by atoms with Crippen LogP contribution in [-0.2, 0) is 0 Å². The molecule has 0 aliphatic carbocycles. The van der Waals surface area contributed by atoms with Gasteiger partial charge in [0.25, 0.3) is 0 Å². The fourth-order valence-electron chi connectivity index (χ4n) is 1.68. The maximum Gasteiger partial charge on any atom is 0.161 e. The Morgan fingerprint density at radius 1 is 1.21 bits per heavy atom. The number of halogens is 2. The lowest BCUT2D eigenvalue weighted by molar-refractivity contribution is 0.101. The van der Waals surface area contributed by atoms with Crippen LogP contribution in [-0.4, -0.2) is 5.78 Å². The molecule has 2 aromatic rings. The maximum atomic E-state index is 11.4. The van der Waals surface area contributed by atoms with E-state index in [-0.39, 0.29) is 5.78 Å². The molecule has 0 saturated carbocycles. The molecule has 0 aromatic heterocycles. The first kappa shape index (κ1) is 13.9. The first-order valence-corrected chi connectivity index (χ1v) is 6.77. The molecule has 0 bridgehead atoms. The van der Waals surface area contributed by atoms with Crippen molar-refractivity contribution in [2.45, 2.75) is 6.92 Å². The zero-order valence-corrected chi connectivity index (χ0v) is 12.5. The molecular formula is C14H12BrClN2O. The van der Waals surface area contributed by atoms with Crippen LogP contribution in [0.3, 0.4) is 0 Å². The van der Waals surface area contributed by atoms with Gasteiger partial charge in [-0.3, -0.25) is 4.79 Å². The lowest BCUT2D eigenvalue weighted by atomic mass is 10.1. The molecule has 0 aliphatic heterocycles. The summed E-state index contributed by atoms with van der Waals surface area (Å²) in [5.41, 5.74) is 8.42. The van der Waals surface area contributed by atoms with E-state index in [0.717, 1.165) is 15.8 Å². The van der Waals surface area contributed by atoms with Gasteiger partial charge in [-0.15, -0.1) is 0 Å². The van der Waals surface area contributed by atoms with Crippen LogP contribution in [0.4, 0.5) is 17.1 Å². The predicted octanol–water partition coefficient (Wildman–Crippen LogP) is 4.63. The van der Waals surface area contributed by atoms with E-state index in [1.165, 1.54) is 6.92 Å². The summed E-state index contributed by atoms with van der Waals surface area (Å²) in [7, 11) is 0. The Morgan fingerprint density at radius 3 is 2.47 bits per heavy atom. The van der Waals surface area contributed by atoms with Gasteiger partial charge >= 0.3 is 0 Å². The quantitative estimate of drug-likeness (QED) is 0.633. The van der Waals surface area contributed by atoms with E-state index in [4.69, 9.17) is 17.3 Å². The van der Waals surface area contributed by atoms with E-state index in [1.807, 2.05) is 18.2 Å². The summed E-state index contributed by atoms with van der Waals surface area (Å²) in [6.07, 6.45) is 0. The molecule has 0 fully saturated rings. The molecular weight excluding hydrogens is 328 g/mol. The van der Waals surface area contributed by atoms with E-state index in [1.54, 1.807) is 18.2 Å². The third-order valence-corrected chi connectivity index (χ3v) is 3.85. The monoisotopic (exact) mass is 338 g/mol. The number of nitrogens with two attached hydrogens (primary N) is 1. The second-order valence-corrected chi connectivity index (χ2v) is 5.37. The number of rotatable bonds is 3. The molecule has 0 aliphatic rings. The van der Waals surface area contributed by atoms with Crippen LogP contribution in [0.2, 0.25) is 5.02 Å². The van der Waals surface area contributed by atoms with Gasteiger partial charge in [0.2, 0.25) is 0 Å². The Morgan fingerprint density at radius 2 is 1.84 bits per heavy atom. The van der Waals surface area contributed by atoms with Crippen LogP contribution in [0.25, 0.3) is 0 Å². The van der Waals surface area contributed by atoms with Crippen LogP contribution < -0.4 is 11.1 Å². The molecule has 98 valence electrons. The number of nitrogen functional groups attached to an aromatic ring is 1. The van der Waals surface area contributed by atoms with Gasteiger partial charge in [0.1, 0.15) is 0 Å². The zero-order chi connectivity index (χ0) is 14.0. The van der Waals surface area contributed by atoms with Gasteiger partial charge in [-0.1, -0.05) is 11.6 Å². The zero-order valence-electron chi connectivity index (χ0n) is 10.2. The standard InChI is InChI=1S/C14H12BrClN2O/c1-8(19)11-6-9(3-5-14(11)17)18-10-2-4-13(16)12(15)7-10/h2-7,18H,17H2,1H3. The Labute approximate surface area is 124 Å². The van der Waals surface area contributed by atoms with Crippen LogP contribution in [0.1, 0.15) is 17.3 Å². The average Bonchev–Trinajstić information content (AvgIpc) is 2.36. The van der Waals surface area contributed by atoms with Crippen LogP contribution >= 0.6 is 27.5 Å². The number of Topliss-reactive ketones (excluding diaryl/α,β-unsaturated/α-hetero) is 1. The minimum Gasteiger partial charge on any atom is -0.398 e. The molecule has 0 saturated heterocycles. The van der Waals surface area contributed by atoms with Gasteiger partial charge in [-0.25, -0.2) is 0 Å². The van der Waals surface area contributed by atoms with Gasteiger partial charge in [0.15, 0.2) is 5.78 Å². The predicted molar refractivity (Wildman–Crippen MR) is 83.3 cm³/mol. The summed E-state index contributed by atoms with van der Waals surface area (Å²) >= 11 is 9.30. The minimum absolute atomic E-state index is 0.0570. The Kier molecular flexibility index (Phi) is 4.12. The first-order valence-electron chi connectivity index (χ1n) is 5.60. The number of hydrogen-bond acceptors (Lipinski definition) is 3. The molecule has 0 spiro atoms. The lowest BCUT2D eigenvalue weighted by Crippen LogP contribution is -2.01. The smallest absolute Gasteiger partial charge is 0.161 e. The second-order valence-electron chi connectivity index (χ2n) is 4.11. The first-order chi connectivity index (χ1) is 8.97. The molecule has 19 heavy (non-hydrogen) atoms. The van der Waals surface area contributed by atoms with Crippen LogP contribution in [0.5, 0.6) is 0 Å². The van der Waals surface area contributed by atoms with Crippen molar-refractivity contribution in [2.75, 3.05) is 11.1 Å².